The summed E-state index contributed by atoms with van der Waals surface area (Å²) in [4.78, 5) is 11.9. The van der Waals surface area contributed by atoms with Crippen LogP contribution in [0, 0.1) is 18.6 Å². The van der Waals surface area contributed by atoms with Crippen LogP contribution in [-0.4, -0.2) is 5.78 Å². The third kappa shape index (κ3) is 2.80. The van der Waals surface area contributed by atoms with E-state index in [1.54, 1.807) is 18.2 Å². The highest BCUT2D eigenvalue weighted by Crippen LogP contribution is 2.12. The molecule has 1 nitrogen and oxygen atoms in total. The van der Waals surface area contributed by atoms with Crippen LogP contribution >= 0.6 is 0 Å². The minimum atomic E-state index is -0.926. The molecule has 0 bridgehead atoms. The van der Waals surface area contributed by atoms with Crippen LogP contribution in [0.5, 0.6) is 0 Å². The first-order valence-electron chi connectivity index (χ1n) is 5.60. The van der Waals surface area contributed by atoms with Crippen molar-refractivity contribution in [3.63, 3.8) is 0 Å². The maximum atomic E-state index is 13.0. The molecule has 2 aromatic rings. The van der Waals surface area contributed by atoms with E-state index in [9.17, 15) is 13.6 Å². The lowest BCUT2D eigenvalue weighted by Gasteiger charge is -2.03. The van der Waals surface area contributed by atoms with E-state index in [4.69, 9.17) is 0 Å². The molecule has 0 spiro atoms. The average Bonchev–Trinajstić information content (AvgIpc) is 2.34. The second-order valence-corrected chi connectivity index (χ2v) is 4.22. The Morgan fingerprint density at radius 3 is 2.50 bits per heavy atom. The highest BCUT2D eigenvalue weighted by atomic mass is 19.2. The fourth-order valence-corrected chi connectivity index (χ4v) is 1.76. The van der Waals surface area contributed by atoms with Crippen molar-refractivity contribution in [1.82, 2.24) is 0 Å². The number of Topliss-reactive ketones (excluding diaryl/α,β-unsaturated/α-hetero) is 1. The molecule has 0 N–H and O–H groups in total. The normalized spacial score (nSPS) is 10.4. The molecule has 0 amide bonds. The van der Waals surface area contributed by atoms with Crippen LogP contribution in [0.25, 0.3) is 0 Å². The van der Waals surface area contributed by atoms with Crippen molar-refractivity contribution >= 4 is 5.78 Å². The van der Waals surface area contributed by atoms with E-state index in [0.29, 0.717) is 11.1 Å². The zero-order chi connectivity index (χ0) is 13.1. The maximum absolute atomic E-state index is 13.0. The van der Waals surface area contributed by atoms with Crippen LogP contribution in [0.4, 0.5) is 8.78 Å². The van der Waals surface area contributed by atoms with Crippen molar-refractivity contribution in [1.29, 1.82) is 0 Å². The van der Waals surface area contributed by atoms with Crippen molar-refractivity contribution in [2.45, 2.75) is 13.3 Å². The second-order valence-electron chi connectivity index (χ2n) is 4.22. The van der Waals surface area contributed by atoms with E-state index in [2.05, 4.69) is 0 Å². The minimum Gasteiger partial charge on any atom is -0.294 e. The van der Waals surface area contributed by atoms with Crippen molar-refractivity contribution in [3.8, 4) is 0 Å². The average molecular weight is 246 g/mol. The summed E-state index contributed by atoms with van der Waals surface area (Å²) in [6.45, 7) is 1.90. The summed E-state index contributed by atoms with van der Waals surface area (Å²) in [5, 5.41) is 0. The number of hydrogen-bond donors (Lipinski definition) is 0. The predicted molar refractivity (Wildman–Crippen MR) is 65.6 cm³/mol. The van der Waals surface area contributed by atoms with Crippen LogP contribution in [0.15, 0.2) is 42.5 Å². The molecule has 0 radical (unpaired) electrons. The highest BCUT2D eigenvalue weighted by Gasteiger charge is 2.09. The monoisotopic (exact) mass is 246 g/mol. The quantitative estimate of drug-likeness (QED) is 0.755. The number of rotatable bonds is 3. The van der Waals surface area contributed by atoms with Gasteiger partial charge >= 0.3 is 0 Å². The van der Waals surface area contributed by atoms with E-state index >= 15 is 0 Å². The molecule has 18 heavy (non-hydrogen) atoms. The Morgan fingerprint density at radius 1 is 1.06 bits per heavy atom. The minimum absolute atomic E-state index is 0.0701. The number of hydrogen-bond acceptors (Lipinski definition) is 1. The molecule has 0 unspecified atom stereocenters. The number of aryl methyl sites for hydroxylation is 1. The largest absolute Gasteiger partial charge is 0.294 e. The predicted octanol–water partition coefficient (Wildman–Crippen LogP) is 3.70. The van der Waals surface area contributed by atoms with Crippen LogP contribution in [0.2, 0.25) is 0 Å². The van der Waals surface area contributed by atoms with Crippen molar-refractivity contribution in [2.24, 2.45) is 0 Å². The number of halogens is 2. The number of benzene rings is 2. The van der Waals surface area contributed by atoms with Gasteiger partial charge in [-0.3, -0.25) is 4.79 Å². The van der Waals surface area contributed by atoms with Crippen LogP contribution < -0.4 is 0 Å². The molecule has 0 fully saturated rings. The molecular weight excluding hydrogens is 234 g/mol. The second kappa shape index (κ2) is 5.08. The molecule has 0 saturated heterocycles. The Morgan fingerprint density at radius 2 is 1.83 bits per heavy atom. The zero-order valence-corrected chi connectivity index (χ0v) is 9.91. The first-order valence-corrected chi connectivity index (χ1v) is 5.60. The van der Waals surface area contributed by atoms with Gasteiger partial charge in [-0.2, -0.15) is 0 Å². The molecule has 92 valence electrons. The Labute approximate surface area is 104 Å². The highest BCUT2D eigenvalue weighted by molar-refractivity contribution is 5.97. The fraction of sp³-hybridized carbons (Fsp3) is 0.133. The summed E-state index contributed by atoms with van der Waals surface area (Å²) in [5.41, 5.74) is 2.05. The summed E-state index contributed by atoms with van der Waals surface area (Å²) in [5.74, 6) is -1.93. The molecule has 0 aliphatic carbocycles. The molecule has 3 heteroatoms. The Hall–Kier alpha value is -2.03. The van der Waals surface area contributed by atoms with Gasteiger partial charge in [0.25, 0.3) is 0 Å². The maximum Gasteiger partial charge on any atom is 0.167 e. The van der Waals surface area contributed by atoms with Gasteiger partial charge in [-0.15, -0.1) is 0 Å². The molecule has 0 aliphatic rings. The summed E-state index contributed by atoms with van der Waals surface area (Å²) < 4.78 is 25.8. The van der Waals surface area contributed by atoms with Gasteiger partial charge in [-0.25, -0.2) is 8.78 Å². The zero-order valence-electron chi connectivity index (χ0n) is 9.91. The smallest absolute Gasteiger partial charge is 0.167 e. The number of ketones is 1. The van der Waals surface area contributed by atoms with Gasteiger partial charge in [0.05, 0.1) is 0 Å². The van der Waals surface area contributed by atoms with Gasteiger partial charge in [0.2, 0.25) is 0 Å². The lowest BCUT2D eigenvalue weighted by molar-refractivity contribution is 0.0993. The molecule has 0 atom stereocenters. The van der Waals surface area contributed by atoms with Gasteiger partial charge in [0, 0.05) is 12.0 Å². The van der Waals surface area contributed by atoms with Crippen molar-refractivity contribution in [2.75, 3.05) is 0 Å². The third-order valence-electron chi connectivity index (χ3n) is 2.69. The first-order chi connectivity index (χ1) is 8.56. The van der Waals surface area contributed by atoms with Gasteiger partial charge in [0.15, 0.2) is 17.4 Å². The van der Waals surface area contributed by atoms with Crippen LogP contribution in [0.1, 0.15) is 21.5 Å². The lowest BCUT2D eigenvalue weighted by atomic mass is 10.0. The van der Waals surface area contributed by atoms with E-state index in [1.165, 1.54) is 6.07 Å². The summed E-state index contributed by atoms with van der Waals surface area (Å²) in [6.07, 6.45) is 0.0701. The van der Waals surface area contributed by atoms with Crippen LogP contribution in [-0.2, 0) is 6.42 Å². The van der Waals surface area contributed by atoms with E-state index in [1.807, 2.05) is 13.0 Å². The standard InChI is InChI=1S/C15H12F2O/c1-10-3-2-4-12(7-10)15(18)9-11-5-6-13(16)14(17)8-11/h2-8H,9H2,1H3. The molecular formula is C15H12F2O. The lowest BCUT2D eigenvalue weighted by Crippen LogP contribution is -2.04. The summed E-state index contributed by atoms with van der Waals surface area (Å²) in [7, 11) is 0. The summed E-state index contributed by atoms with van der Waals surface area (Å²) in [6, 6.07) is 10.7. The van der Waals surface area contributed by atoms with Gasteiger partial charge in [-0.05, 0) is 30.7 Å². The Balaban J connectivity index is 2.18. The van der Waals surface area contributed by atoms with Gasteiger partial charge in [-0.1, -0.05) is 29.8 Å². The molecule has 0 saturated carbocycles. The first kappa shape index (κ1) is 12.4. The van der Waals surface area contributed by atoms with Gasteiger partial charge < -0.3 is 0 Å². The Kier molecular flexibility index (Phi) is 3.51. The molecule has 2 rings (SSSR count). The summed E-state index contributed by atoms with van der Waals surface area (Å²) >= 11 is 0. The van der Waals surface area contributed by atoms with Gasteiger partial charge in [0.1, 0.15) is 0 Å². The SMILES string of the molecule is Cc1cccc(C(=O)Cc2ccc(F)c(F)c2)c1. The number of carbonyl (C=O) groups is 1. The Bertz CT molecular complexity index is 591. The number of carbonyl (C=O) groups excluding carboxylic acids is 1. The van der Waals surface area contributed by atoms with E-state index in [0.717, 1.165) is 17.7 Å². The molecule has 2 aromatic carbocycles. The van der Waals surface area contributed by atoms with E-state index < -0.39 is 11.6 Å². The topological polar surface area (TPSA) is 17.1 Å². The fourth-order valence-electron chi connectivity index (χ4n) is 1.76. The molecule has 0 aromatic heterocycles. The third-order valence-corrected chi connectivity index (χ3v) is 2.69. The van der Waals surface area contributed by atoms with E-state index in [-0.39, 0.29) is 12.2 Å². The van der Waals surface area contributed by atoms with Crippen molar-refractivity contribution < 1.29 is 13.6 Å². The molecule has 0 aliphatic heterocycles. The van der Waals surface area contributed by atoms with Crippen LogP contribution in [0.3, 0.4) is 0 Å². The molecule has 0 heterocycles. The van der Waals surface area contributed by atoms with Crippen molar-refractivity contribution in [3.05, 3.63) is 70.8 Å².